The molecule has 0 heterocycles. The molecule has 2 aromatic rings. The third-order valence-corrected chi connectivity index (χ3v) is 4.08. The van der Waals surface area contributed by atoms with E-state index < -0.39 is 6.10 Å². The summed E-state index contributed by atoms with van der Waals surface area (Å²) < 4.78 is 5.62. The first-order chi connectivity index (χ1) is 13.0. The number of rotatable bonds is 11. The highest BCUT2D eigenvalue weighted by atomic mass is 16.5. The van der Waals surface area contributed by atoms with E-state index in [9.17, 15) is 20.1 Å². The molecule has 1 unspecified atom stereocenters. The fourth-order valence-corrected chi connectivity index (χ4v) is 2.61. The molecule has 146 valence electrons. The largest absolute Gasteiger partial charge is 0.508 e. The Labute approximate surface area is 159 Å². The van der Waals surface area contributed by atoms with Gasteiger partial charge in [-0.15, -0.1) is 0 Å². The number of nitrogens with one attached hydrogen (secondary N) is 1. The molecular weight excluding hydrogens is 346 g/mol. The zero-order valence-corrected chi connectivity index (χ0v) is 15.5. The van der Waals surface area contributed by atoms with E-state index in [0.717, 1.165) is 18.5 Å². The second-order valence-corrected chi connectivity index (χ2v) is 6.44. The van der Waals surface area contributed by atoms with Gasteiger partial charge in [-0.2, -0.15) is 0 Å². The Morgan fingerprint density at radius 1 is 1.11 bits per heavy atom. The Morgan fingerprint density at radius 2 is 1.81 bits per heavy atom. The van der Waals surface area contributed by atoms with Crippen LogP contribution in [0.5, 0.6) is 17.2 Å². The molecule has 6 nitrogen and oxygen atoms in total. The third kappa shape index (κ3) is 6.92. The van der Waals surface area contributed by atoms with E-state index >= 15 is 0 Å². The minimum absolute atomic E-state index is 0.0134. The highest BCUT2D eigenvalue weighted by Crippen LogP contribution is 2.25. The molecule has 4 N–H and O–H groups in total. The average Bonchev–Trinajstić information content (AvgIpc) is 2.66. The van der Waals surface area contributed by atoms with Crippen molar-refractivity contribution in [2.24, 2.45) is 0 Å². The monoisotopic (exact) mass is 373 g/mol. The van der Waals surface area contributed by atoms with Gasteiger partial charge in [0.2, 0.25) is 0 Å². The molecular formula is C21H27NO5. The van der Waals surface area contributed by atoms with Crippen molar-refractivity contribution in [3.05, 3.63) is 53.6 Å². The van der Waals surface area contributed by atoms with Crippen LogP contribution in [0.1, 0.15) is 35.7 Å². The van der Waals surface area contributed by atoms with Gasteiger partial charge in [0.25, 0.3) is 0 Å². The topological polar surface area (TPSA) is 99.0 Å². The highest BCUT2D eigenvalue weighted by molar-refractivity contribution is 5.99. The number of aliphatic hydroxyl groups is 1. The molecule has 0 saturated carbocycles. The van der Waals surface area contributed by atoms with Crippen LogP contribution >= 0.6 is 0 Å². The fourth-order valence-electron chi connectivity index (χ4n) is 2.61. The van der Waals surface area contributed by atoms with Gasteiger partial charge < -0.3 is 25.4 Å². The van der Waals surface area contributed by atoms with Crippen LogP contribution in [0.2, 0.25) is 0 Å². The number of aryl methyl sites for hydroxylation is 1. The average molecular weight is 373 g/mol. The Hall–Kier alpha value is -2.57. The quantitative estimate of drug-likeness (QED) is 0.357. The Kier molecular flexibility index (Phi) is 8.10. The number of aliphatic hydroxyl groups excluding tert-OH is 1. The first-order valence-electron chi connectivity index (χ1n) is 9.15. The van der Waals surface area contributed by atoms with Crippen LogP contribution in [-0.2, 0) is 6.42 Å². The smallest absolute Gasteiger partial charge is 0.167 e. The number of Topliss-reactive ketones (excluding diaryl/α,β-unsaturated/α-hetero) is 1. The maximum absolute atomic E-state index is 12.6. The minimum atomic E-state index is -0.690. The van der Waals surface area contributed by atoms with E-state index in [4.69, 9.17) is 4.74 Å². The summed E-state index contributed by atoms with van der Waals surface area (Å²) in [5.74, 6) is 0.354. The number of aromatic hydroxyl groups is 2. The molecule has 0 saturated heterocycles. The van der Waals surface area contributed by atoms with Crippen molar-refractivity contribution in [3.63, 3.8) is 0 Å². The maximum Gasteiger partial charge on any atom is 0.167 e. The van der Waals surface area contributed by atoms with Crippen LogP contribution in [0, 0.1) is 0 Å². The number of carbonyl (C=O) groups excluding carboxylic acids is 1. The Morgan fingerprint density at radius 3 is 2.52 bits per heavy atom. The van der Waals surface area contributed by atoms with Crippen LogP contribution in [0.4, 0.5) is 0 Å². The summed E-state index contributed by atoms with van der Waals surface area (Å²) >= 11 is 0. The van der Waals surface area contributed by atoms with E-state index in [-0.39, 0.29) is 30.3 Å². The van der Waals surface area contributed by atoms with Crippen molar-refractivity contribution >= 4 is 5.78 Å². The SMILES string of the molecule is CCCNCC(O)COc1ccc(O)cc1C(=O)CCc1ccc(O)cc1. The molecule has 0 amide bonds. The zero-order valence-electron chi connectivity index (χ0n) is 15.5. The van der Waals surface area contributed by atoms with Crippen LogP contribution in [0.3, 0.4) is 0 Å². The lowest BCUT2D eigenvalue weighted by Gasteiger charge is -2.15. The first-order valence-corrected chi connectivity index (χ1v) is 9.15. The number of hydrogen-bond acceptors (Lipinski definition) is 6. The van der Waals surface area contributed by atoms with Crippen molar-refractivity contribution in [1.82, 2.24) is 5.32 Å². The van der Waals surface area contributed by atoms with Gasteiger partial charge in [0.1, 0.15) is 30.0 Å². The lowest BCUT2D eigenvalue weighted by Crippen LogP contribution is -2.32. The van der Waals surface area contributed by atoms with Crippen molar-refractivity contribution in [3.8, 4) is 17.2 Å². The molecule has 6 heteroatoms. The second kappa shape index (κ2) is 10.5. The van der Waals surface area contributed by atoms with Gasteiger partial charge in [0, 0.05) is 13.0 Å². The zero-order chi connectivity index (χ0) is 19.6. The maximum atomic E-state index is 12.6. The van der Waals surface area contributed by atoms with Crippen LogP contribution in [0.15, 0.2) is 42.5 Å². The van der Waals surface area contributed by atoms with Crippen molar-refractivity contribution in [1.29, 1.82) is 0 Å². The van der Waals surface area contributed by atoms with Crippen LogP contribution in [-0.4, -0.2) is 46.9 Å². The van der Waals surface area contributed by atoms with Gasteiger partial charge in [-0.3, -0.25) is 4.79 Å². The summed E-state index contributed by atoms with van der Waals surface area (Å²) in [6.07, 6.45) is 1.04. The summed E-state index contributed by atoms with van der Waals surface area (Å²) in [4.78, 5) is 12.6. The lowest BCUT2D eigenvalue weighted by atomic mass is 10.0. The Bertz CT molecular complexity index is 730. The molecule has 0 aliphatic carbocycles. The summed E-state index contributed by atoms with van der Waals surface area (Å²) in [6, 6.07) is 11.1. The summed E-state index contributed by atoms with van der Waals surface area (Å²) in [5, 5.41) is 32.1. The predicted molar refractivity (Wildman–Crippen MR) is 104 cm³/mol. The third-order valence-electron chi connectivity index (χ3n) is 4.08. The summed E-state index contributed by atoms with van der Waals surface area (Å²) in [7, 11) is 0. The molecule has 0 spiro atoms. The van der Waals surface area contributed by atoms with E-state index in [1.54, 1.807) is 24.3 Å². The van der Waals surface area contributed by atoms with Crippen molar-refractivity contribution in [2.45, 2.75) is 32.3 Å². The highest BCUT2D eigenvalue weighted by Gasteiger charge is 2.15. The van der Waals surface area contributed by atoms with Gasteiger partial charge in [-0.25, -0.2) is 0 Å². The summed E-state index contributed by atoms with van der Waals surface area (Å²) in [5.41, 5.74) is 1.23. The number of benzene rings is 2. The number of carbonyl (C=O) groups is 1. The molecule has 2 rings (SSSR count). The molecule has 1 atom stereocenters. The number of phenolic OH excluding ortho intramolecular Hbond substituents is 2. The van der Waals surface area contributed by atoms with E-state index in [0.29, 0.717) is 24.3 Å². The Balaban J connectivity index is 1.97. The molecule has 0 aliphatic heterocycles. The normalized spacial score (nSPS) is 11.9. The lowest BCUT2D eigenvalue weighted by molar-refractivity contribution is 0.0950. The van der Waals surface area contributed by atoms with Gasteiger partial charge in [0.15, 0.2) is 5.78 Å². The van der Waals surface area contributed by atoms with Gasteiger partial charge in [-0.05, 0) is 55.3 Å². The molecule has 0 radical (unpaired) electrons. The van der Waals surface area contributed by atoms with Gasteiger partial charge in [0.05, 0.1) is 5.56 Å². The summed E-state index contributed by atoms with van der Waals surface area (Å²) in [6.45, 7) is 3.33. The molecule has 27 heavy (non-hydrogen) atoms. The molecule has 0 aliphatic rings. The molecule has 0 fully saturated rings. The van der Waals surface area contributed by atoms with Gasteiger partial charge in [-0.1, -0.05) is 19.1 Å². The molecule has 0 aromatic heterocycles. The minimum Gasteiger partial charge on any atom is -0.508 e. The van der Waals surface area contributed by atoms with E-state index in [2.05, 4.69) is 5.32 Å². The number of ether oxygens (including phenoxy) is 1. The predicted octanol–water partition coefficient (Wildman–Crippen LogP) is 2.65. The van der Waals surface area contributed by atoms with Crippen LogP contribution < -0.4 is 10.1 Å². The molecule has 2 aromatic carbocycles. The second-order valence-electron chi connectivity index (χ2n) is 6.44. The number of hydrogen-bond donors (Lipinski definition) is 4. The standard InChI is InChI=1S/C21H27NO5/c1-2-11-22-13-18(25)14-27-21-10-8-17(24)12-19(21)20(26)9-5-15-3-6-16(23)7-4-15/h3-4,6-8,10,12,18,22-25H,2,5,9,11,13-14H2,1H3. The number of ketones is 1. The van der Waals surface area contributed by atoms with Gasteiger partial charge >= 0.3 is 0 Å². The van der Waals surface area contributed by atoms with Crippen LogP contribution in [0.25, 0.3) is 0 Å². The first kappa shape index (κ1) is 20.7. The van der Waals surface area contributed by atoms with E-state index in [1.165, 1.54) is 18.2 Å². The van der Waals surface area contributed by atoms with E-state index in [1.807, 2.05) is 6.92 Å². The number of phenols is 2. The fraction of sp³-hybridized carbons (Fsp3) is 0.381. The molecule has 0 bridgehead atoms. The van der Waals surface area contributed by atoms with Crippen molar-refractivity contribution in [2.75, 3.05) is 19.7 Å². The van der Waals surface area contributed by atoms with Crippen molar-refractivity contribution < 1.29 is 24.9 Å².